The standard InChI is InChI=1S/C18H25N3O2S/c1-13-7-14(2)10-21(9-13)5-4-19-17(22)8-16-12-24-18(20-16)15-3-6-23-11-15/h3,6,11-14H,4-5,7-10H2,1-2H3,(H,19,22). The summed E-state index contributed by atoms with van der Waals surface area (Å²) in [5, 5.41) is 5.85. The topological polar surface area (TPSA) is 58.4 Å². The molecule has 2 aromatic rings. The van der Waals surface area contributed by atoms with Gasteiger partial charge in [0.05, 0.1) is 18.4 Å². The zero-order valence-corrected chi connectivity index (χ0v) is 15.1. The van der Waals surface area contributed by atoms with Crippen LogP contribution in [0.5, 0.6) is 0 Å². The summed E-state index contributed by atoms with van der Waals surface area (Å²) in [4.78, 5) is 19.1. The molecule has 1 aliphatic heterocycles. The molecule has 3 heterocycles. The molecule has 130 valence electrons. The van der Waals surface area contributed by atoms with Gasteiger partial charge in [0, 0.05) is 37.1 Å². The number of rotatable bonds is 6. The van der Waals surface area contributed by atoms with E-state index in [1.54, 1.807) is 12.5 Å². The molecule has 0 radical (unpaired) electrons. The molecule has 2 unspecified atom stereocenters. The molecule has 0 bridgehead atoms. The van der Waals surface area contributed by atoms with Crippen molar-refractivity contribution in [2.45, 2.75) is 26.7 Å². The lowest BCUT2D eigenvalue weighted by Crippen LogP contribution is -2.43. The number of aromatic nitrogens is 1. The Bertz CT molecular complexity index is 643. The third kappa shape index (κ3) is 4.68. The molecular formula is C18H25N3O2S. The molecule has 0 spiro atoms. The van der Waals surface area contributed by atoms with E-state index in [0.717, 1.165) is 47.7 Å². The number of nitrogens with zero attached hydrogens (tertiary/aromatic N) is 2. The van der Waals surface area contributed by atoms with Crippen LogP contribution in [0.2, 0.25) is 0 Å². The average Bonchev–Trinajstić information content (AvgIpc) is 3.16. The first-order valence-corrected chi connectivity index (χ1v) is 9.44. The fourth-order valence-corrected chi connectivity index (χ4v) is 4.27. The van der Waals surface area contributed by atoms with E-state index in [1.165, 1.54) is 17.8 Å². The molecule has 0 aliphatic carbocycles. The Morgan fingerprint density at radius 2 is 2.21 bits per heavy atom. The van der Waals surface area contributed by atoms with Gasteiger partial charge in [-0.25, -0.2) is 4.98 Å². The molecule has 1 saturated heterocycles. The summed E-state index contributed by atoms with van der Waals surface area (Å²) < 4.78 is 5.07. The SMILES string of the molecule is CC1CC(C)CN(CCNC(=O)Cc2csc(-c3ccoc3)n2)C1. The smallest absolute Gasteiger partial charge is 0.226 e. The normalized spacial score (nSPS) is 21.8. The van der Waals surface area contributed by atoms with E-state index >= 15 is 0 Å². The van der Waals surface area contributed by atoms with Crippen molar-refractivity contribution in [2.24, 2.45) is 11.8 Å². The van der Waals surface area contributed by atoms with E-state index in [-0.39, 0.29) is 5.91 Å². The van der Waals surface area contributed by atoms with Gasteiger partial charge in [-0.2, -0.15) is 0 Å². The zero-order chi connectivity index (χ0) is 16.9. The van der Waals surface area contributed by atoms with Crippen LogP contribution in [0.15, 0.2) is 28.4 Å². The van der Waals surface area contributed by atoms with Crippen molar-refractivity contribution in [2.75, 3.05) is 26.2 Å². The number of hydrogen-bond acceptors (Lipinski definition) is 5. The summed E-state index contributed by atoms with van der Waals surface area (Å²) in [5.41, 5.74) is 1.77. The number of thiazole rings is 1. The summed E-state index contributed by atoms with van der Waals surface area (Å²) in [5.74, 6) is 1.54. The van der Waals surface area contributed by atoms with Gasteiger partial charge in [0.2, 0.25) is 5.91 Å². The van der Waals surface area contributed by atoms with Crippen LogP contribution in [-0.2, 0) is 11.2 Å². The number of carbonyl (C=O) groups excluding carboxylic acids is 1. The maximum atomic E-state index is 12.1. The Morgan fingerprint density at radius 3 is 2.92 bits per heavy atom. The summed E-state index contributed by atoms with van der Waals surface area (Å²) in [6.45, 7) is 8.53. The van der Waals surface area contributed by atoms with Gasteiger partial charge in [-0.3, -0.25) is 4.79 Å². The van der Waals surface area contributed by atoms with Crippen LogP contribution in [0, 0.1) is 11.8 Å². The minimum absolute atomic E-state index is 0.0390. The maximum absolute atomic E-state index is 12.1. The van der Waals surface area contributed by atoms with Gasteiger partial charge in [0.25, 0.3) is 0 Å². The predicted octanol–water partition coefficient (Wildman–Crippen LogP) is 3.04. The van der Waals surface area contributed by atoms with E-state index in [0.29, 0.717) is 13.0 Å². The molecular weight excluding hydrogens is 322 g/mol. The quantitative estimate of drug-likeness (QED) is 0.872. The maximum Gasteiger partial charge on any atom is 0.226 e. The highest BCUT2D eigenvalue weighted by Crippen LogP contribution is 2.24. The fourth-order valence-electron chi connectivity index (χ4n) is 3.46. The first-order valence-electron chi connectivity index (χ1n) is 8.56. The van der Waals surface area contributed by atoms with Gasteiger partial charge >= 0.3 is 0 Å². The van der Waals surface area contributed by atoms with E-state index in [1.807, 2.05) is 11.4 Å². The van der Waals surface area contributed by atoms with Crippen molar-refractivity contribution >= 4 is 17.2 Å². The first-order chi connectivity index (χ1) is 11.6. The predicted molar refractivity (Wildman–Crippen MR) is 95.9 cm³/mol. The number of carbonyl (C=O) groups is 1. The first kappa shape index (κ1) is 17.2. The molecule has 1 fully saturated rings. The molecule has 24 heavy (non-hydrogen) atoms. The third-order valence-electron chi connectivity index (χ3n) is 4.36. The van der Waals surface area contributed by atoms with Crippen LogP contribution in [0.1, 0.15) is 26.0 Å². The van der Waals surface area contributed by atoms with E-state index < -0.39 is 0 Å². The van der Waals surface area contributed by atoms with E-state index in [9.17, 15) is 4.79 Å². The lowest BCUT2D eigenvalue weighted by Gasteiger charge is -2.34. The second kappa shape index (κ2) is 7.94. The Morgan fingerprint density at radius 1 is 1.42 bits per heavy atom. The lowest BCUT2D eigenvalue weighted by molar-refractivity contribution is -0.120. The second-order valence-corrected chi connectivity index (χ2v) is 7.75. The number of nitrogens with one attached hydrogen (secondary N) is 1. The van der Waals surface area contributed by atoms with Crippen molar-refractivity contribution in [3.05, 3.63) is 29.7 Å². The fraction of sp³-hybridized carbons (Fsp3) is 0.556. The van der Waals surface area contributed by atoms with Crippen molar-refractivity contribution in [1.29, 1.82) is 0 Å². The number of furan rings is 1. The number of piperidine rings is 1. The number of likely N-dealkylation sites (tertiary alicyclic amines) is 1. The monoisotopic (exact) mass is 347 g/mol. The van der Waals surface area contributed by atoms with Crippen LogP contribution >= 0.6 is 11.3 Å². The lowest BCUT2D eigenvalue weighted by atomic mass is 9.92. The molecule has 6 heteroatoms. The van der Waals surface area contributed by atoms with Gasteiger partial charge in [0.15, 0.2) is 0 Å². The largest absolute Gasteiger partial charge is 0.472 e. The van der Waals surface area contributed by atoms with Crippen molar-refractivity contribution in [3.8, 4) is 10.6 Å². The minimum Gasteiger partial charge on any atom is -0.472 e. The Kier molecular flexibility index (Phi) is 5.68. The summed E-state index contributed by atoms with van der Waals surface area (Å²) >= 11 is 1.54. The van der Waals surface area contributed by atoms with Crippen molar-refractivity contribution in [3.63, 3.8) is 0 Å². The van der Waals surface area contributed by atoms with E-state index in [4.69, 9.17) is 4.42 Å². The van der Waals surface area contributed by atoms with Gasteiger partial charge in [-0.05, 0) is 24.3 Å². The van der Waals surface area contributed by atoms with Crippen LogP contribution < -0.4 is 5.32 Å². The van der Waals surface area contributed by atoms with Crippen LogP contribution in [0.4, 0.5) is 0 Å². The van der Waals surface area contributed by atoms with Gasteiger partial charge in [0.1, 0.15) is 11.3 Å². The van der Waals surface area contributed by atoms with E-state index in [2.05, 4.69) is 29.0 Å². The minimum atomic E-state index is 0.0390. The third-order valence-corrected chi connectivity index (χ3v) is 5.30. The number of hydrogen-bond donors (Lipinski definition) is 1. The van der Waals surface area contributed by atoms with Crippen LogP contribution in [0.25, 0.3) is 10.6 Å². The molecule has 2 aromatic heterocycles. The highest BCUT2D eigenvalue weighted by molar-refractivity contribution is 7.13. The summed E-state index contributed by atoms with van der Waals surface area (Å²) in [6.07, 6.45) is 4.95. The Hall–Kier alpha value is -1.66. The number of amides is 1. The zero-order valence-electron chi connectivity index (χ0n) is 14.3. The van der Waals surface area contributed by atoms with Crippen molar-refractivity contribution < 1.29 is 9.21 Å². The molecule has 2 atom stereocenters. The molecule has 1 aliphatic rings. The Labute approximate surface area is 147 Å². The summed E-state index contributed by atoms with van der Waals surface area (Å²) in [6, 6.07) is 1.88. The highest BCUT2D eigenvalue weighted by Gasteiger charge is 2.21. The van der Waals surface area contributed by atoms with Crippen LogP contribution in [0.3, 0.4) is 0 Å². The molecule has 1 amide bonds. The van der Waals surface area contributed by atoms with Gasteiger partial charge in [-0.15, -0.1) is 11.3 Å². The molecule has 1 N–H and O–H groups in total. The molecule has 0 saturated carbocycles. The second-order valence-electron chi connectivity index (χ2n) is 6.89. The molecule has 3 rings (SSSR count). The Balaban J connectivity index is 1.41. The molecule has 0 aromatic carbocycles. The van der Waals surface area contributed by atoms with Crippen molar-refractivity contribution in [1.82, 2.24) is 15.2 Å². The van der Waals surface area contributed by atoms with Gasteiger partial charge in [-0.1, -0.05) is 13.8 Å². The van der Waals surface area contributed by atoms with Gasteiger partial charge < -0.3 is 14.6 Å². The average molecular weight is 347 g/mol. The molecule has 5 nitrogen and oxygen atoms in total. The summed E-state index contributed by atoms with van der Waals surface area (Å²) in [7, 11) is 0. The van der Waals surface area contributed by atoms with Crippen LogP contribution in [-0.4, -0.2) is 42.0 Å². The highest BCUT2D eigenvalue weighted by atomic mass is 32.1.